The summed E-state index contributed by atoms with van der Waals surface area (Å²) >= 11 is 2.95. The minimum absolute atomic E-state index is 0.0255. The van der Waals surface area contributed by atoms with E-state index in [1.165, 1.54) is 20.5 Å². The number of aromatic nitrogens is 4. The molecule has 6 rings (SSSR count). The average molecular weight is 528 g/mol. The number of rotatable bonds is 7. The number of thiophene rings is 1. The lowest BCUT2D eigenvalue weighted by Gasteiger charge is -2.26. The maximum Gasteiger partial charge on any atom is 0.273 e. The van der Waals surface area contributed by atoms with E-state index in [0.29, 0.717) is 16.4 Å². The molecule has 0 saturated carbocycles. The summed E-state index contributed by atoms with van der Waals surface area (Å²) in [5, 5.41) is 14.6. The number of nitrogens with zero attached hydrogens (tertiary/aromatic N) is 6. The zero-order valence-electron chi connectivity index (χ0n) is 19.2. The Balaban J connectivity index is 1.20. The van der Waals surface area contributed by atoms with Crippen molar-refractivity contribution < 1.29 is 8.42 Å². The summed E-state index contributed by atoms with van der Waals surface area (Å²) in [6.07, 6.45) is 4.53. The van der Waals surface area contributed by atoms with Crippen molar-refractivity contribution in [3.05, 3.63) is 69.5 Å². The fraction of sp³-hybridized carbons (Fsp3) is 0.348. The first kappa shape index (κ1) is 22.7. The predicted molar refractivity (Wildman–Crippen MR) is 137 cm³/mol. The van der Waals surface area contributed by atoms with Crippen LogP contribution < -0.4 is 9.62 Å². The highest BCUT2D eigenvalue weighted by Gasteiger charge is 2.32. The first-order valence-electron chi connectivity index (χ1n) is 11.5. The Labute approximate surface area is 212 Å². The predicted octanol–water partition coefficient (Wildman–Crippen LogP) is 3.74. The van der Waals surface area contributed by atoms with Gasteiger partial charge in [0.2, 0.25) is 0 Å². The number of para-hydroxylation sites is 1. The molecule has 1 N–H and O–H groups in total. The molecule has 0 spiro atoms. The molecule has 182 valence electrons. The molecule has 1 atom stereocenters. The smallest absolute Gasteiger partial charge is 0.273 e. The van der Waals surface area contributed by atoms with Crippen LogP contribution in [0.3, 0.4) is 0 Å². The first-order valence-corrected chi connectivity index (χ1v) is 14.6. The van der Waals surface area contributed by atoms with Crippen LogP contribution in [0.15, 0.2) is 52.4 Å². The molecular weight excluding hydrogens is 503 g/mol. The molecule has 35 heavy (non-hydrogen) atoms. The monoisotopic (exact) mass is 527 g/mol. The third-order valence-corrected chi connectivity index (χ3v) is 10.8. The van der Waals surface area contributed by atoms with E-state index in [1.807, 2.05) is 25.3 Å². The second-order valence-electron chi connectivity index (χ2n) is 8.63. The number of fused-ring (bicyclic) bond motifs is 2. The largest absolute Gasteiger partial charge is 0.374 e. The molecule has 5 heterocycles. The Morgan fingerprint density at radius 3 is 2.97 bits per heavy atom. The van der Waals surface area contributed by atoms with Crippen molar-refractivity contribution in [3.8, 4) is 0 Å². The molecule has 0 saturated heterocycles. The van der Waals surface area contributed by atoms with Gasteiger partial charge in [-0.2, -0.15) is 0 Å². The number of anilines is 2. The van der Waals surface area contributed by atoms with Crippen molar-refractivity contribution in [1.82, 2.24) is 24.6 Å². The van der Waals surface area contributed by atoms with E-state index in [4.69, 9.17) is 4.98 Å². The summed E-state index contributed by atoms with van der Waals surface area (Å²) in [6, 6.07) is 9.33. The van der Waals surface area contributed by atoms with Crippen LogP contribution in [0, 0.1) is 0 Å². The van der Waals surface area contributed by atoms with E-state index in [9.17, 15) is 8.42 Å². The van der Waals surface area contributed by atoms with Crippen molar-refractivity contribution in [2.45, 2.75) is 43.2 Å². The highest BCUT2D eigenvalue weighted by Crippen LogP contribution is 2.43. The van der Waals surface area contributed by atoms with Crippen molar-refractivity contribution in [1.29, 1.82) is 0 Å². The van der Waals surface area contributed by atoms with Gasteiger partial charge in [-0.3, -0.25) is 9.21 Å². The SMILES string of the molecule is CCN(c1cccc2c1NC(c1ncc(CN3CCn4cnnc4C3)s1)C2)S(=O)(=O)c1cccs1. The summed E-state index contributed by atoms with van der Waals surface area (Å²) in [5.74, 6) is 0.999. The van der Waals surface area contributed by atoms with Crippen molar-refractivity contribution in [2.24, 2.45) is 0 Å². The molecule has 2 aliphatic rings. The van der Waals surface area contributed by atoms with Crippen LogP contribution >= 0.6 is 22.7 Å². The summed E-state index contributed by atoms with van der Waals surface area (Å²) in [6.45, 7) is 5.70. The van der Waals surface area contributed by atoms with Crippen LogP contribution in [0.4, 0.5) is 11.4 Å². The van der Waals surface area contributed by atoms with Gasteiger partial charge in [0.05, 0.1) is 24.0 Å². The van der Waals surface area contributed by atoms with Crippen molar-refractivity contribution in [3.63, 3.8) is 0 Å². The zero-order valence-corrected chi connectivity index (χ0v) is 21.6. The summed E-state index contributed by atoms with van der Waals surface area (Å²) < 4.78 is 30.6. The summed E-state index contributed by atoms with van der Waals surface area (Å²) in [4.78, 5) is 8.31. The Bertz CT molecular complexity index is 1450. The molecule has 0 radical (unpaired) electrons. The van der Waals surface area contributed by atoms with Gasteiger partial charge in [0.15, 0.2) is 0 Å². The standard InChI is InChI=1S/C23H25N7O2S3/c1-2-30(35(31,32)21-7-4-10-33-21)19-6-3-5-16-11-18(26-22(16)19)23-24-12-17(34-23)13-28-8-9-29-15-25-27-20(29)14-28/h3-7,10,12,15,18,26H,2,8-9,11,13-14H2,1H3. The quantitative estimate of drug-likeness (QED) is 0.391. The Morgan fingerprint density at radius 1 is 1.23 bits per heavy atom. The van der Waals surface area contributed by atoms with Gasteiger partial charge in [0.25, 0.3) is 10.0 Å². The molecular formula is C23H25N7O2S3. The van der Waals surface area contributed by atoms with Gasteiger partial charge in [0.1, 0.15) is 21.4 Å². The van der Waals surface area contributed by atoms with Crippen LogP contribution in [-0.2, 0) is 36.1 Å². The third kappa shape index (κ3) is 4.14. The number of nitrogens with one attached hydrogen (secondary N) is 1. The highest BCUT2D eigenvalue weighted by atomic mass is 32.2. The molecule has 12 heteroatoms. The minimum atomic E-state index is -3.61. The number of hydrogen-bond donors (Lipinski definition) is 1. The number of sulfonamides is 1. The topological polar surface area (TPSA) is 96.2 Å². The van der Waals surface area contributed by atoms with Crippen LogP contribution in [0.2, 0.25) is 0 Å². The lowest BCUT2D eigenvalue weighted by atomic mass is 10.1. The fourth-order valence-corrected chi connectivity index (χ4v) is 8.34. The number of benzene rings is 1. The third-order valence-electron chi connectivity index (χ3n) is 6.43. The van der Waals surface area contributed by atoms with Gasteiger partial charge >= 0.3 is 0 Å². The van der Waals surface area contributed by atoms with Gasteiger partial charge in [-0.05, 0) is 30.0 Å². The summed E-state index contributed by atoms with van der Waals surface area (Å²) in [7, 11) is -3.61. The molecule has 0 amide bonds. The highest BCUT2D eigenvalue weighted by molar-refractivity contribution is 7.94. The van der Waals surface area contributed by atoms with Gasteiger partial charge in [-0.15, -0.1) is 32.9 Å². The van der Waals surface area contributed by atoms with Gasteiger partial charge in [-0.25, -0.2) is 13.4 Å². The van der Waals surface area contributed by atoms with Gasteiger partial charge < -0.3 is 9.88 Å². The minimum Gasteiger partial charge on any atom is -0.374 e. The molecule has 3 aromatic heterocycles. The second-order valence-corrected chi connectivity index (χ2v) is 12.8. The van der Waals surface area contributed by atoms with E-state index < -0.39 is 10.0 Å². The molecule has 2 aliphatic heterocycles. The van der Waals surface area contributed by atoms with Crippen LogP contribution in [0.5, 0.6) is 0 Å². The lowest BCUT2D eigenvalue weighted by molar-refractivity contribution is 0.210. The molecule has 4 aromatic rings. The molecule has 1 aromatic carbocycles. The van der Waals surface area contributed by atoms with Crippen LogP contribution in [0.25, 0.3) is 0 Å². The fourth-order valence-electron chi connectivity index (χ4n) is 4.74. The van der Waals surface area contributed by atoms with Crippen molar-refractivity contribution in [2.75, 3.05) is 22.7 Å². The normalized spacial score (nSPS) is 17.7. The number of hydrogen-bond acceptors (Lipinski definition) is 9. The van der Waals surface area contributed by atoms with E-state index in [1.54, 1.807) is 35.2 Å². The second kappa shape index (κ2) is 9.01. The average Bonchev–Trinajstić information content (AvgIpc) is 3.66. The van der Waals surface area contributed by atoms with Gasteiger partial charge in [0, 0.05) is 43.7 Å². The molecule has 9 nitrogen and oxygen atoms in total. The molecule has 0 bridgehead atoms. The maximum absolute atomic E-state index is 13.3. The molecule has 1 unspecified atom stereocenters. The molecule has 0 aliphatic carbocycles. The van der Waals surface area contributed by atoms with E-state index >= 15 is 0 Å². The van der Waals surface area contributed by atoms with E-state index in [-0.39, 0.29) is 6.04 Å². The van der Waals surface area contributed by atoms with Crippen LogP contribution in [-0.4, -0.2) is 46.2 Å². The van der Waals surface area contributed by atoms with E-state index in [0.717, 1.165) is 54.7 Å². The van der Waals surface area contributed by atoms with Crippen molar-refractivity contribution >= 4 is 44.1 Å². The Kier molecular flexibility index (Phi) is 5.83. The maximum atomic E-state index is 13.3. The Hall–Kier alpha value is -2.80. The lowest BCUT2D eigenvalue weighted by Crippen LogP contribution is -2.32. The van der Waals surface area contributed by atoms with Gasteiger partial charge in [-0.1, -0.05) is 18.2 Å². The number of thiazole rings is 1. The first-order chi connectivity index (χ1) is 17.0. The Morgan fingerprint density at radius 2 is 2.14 bits per heavy atom. The zero-order chi connectivity index (χ0) is 24.0. The molecule has 0 fully saturated rings. The van der Waals surface area contributed by atoms with Crippen LogP contribution in [0.1, 0.15) is 34.2 Å². The van der Waals surface area contributed by atoms with E-state index in [2.05, 4.69) is 31.0 Å². The summed E-state index contributed by atoms with van der Waals surface area (Å²) in [5.41, 5.74) is 2.68.